The fourth-order valence-corrected chi connectivity index (χ4v) is 2.78. The highest BCUT2D eigenvalue weighted by Crippen LogP contribution is 2.36. The first-order valence-electron chi connectivity index (χ1n) is 6.33. The van der Waals surface area contributed by atoms with Crippen LogP contribution in [0.15, 0.2) is 28.5 Å². The van der Waals surface area contributed by atoms with Crippen LogP contribution in [0.4, 0.5) is 5.69 Å². The monoisotopic (exact) mass is 345 g/mol. The molecule has 0 saturated heterocycles. The highest BCUT2D eigenvalue weighted by atomic mass is 35.5. The number of benzene rings is 1. The molecule has 1 aromatic carbocycles. The molecule has 0 atom stereocenters. The van der Waals surface area contributed by atoms with Crippen LogP contribution >= 0.6 is 34.8 Å². The van der Waals surface area contributed by atoms with Crippen molar-refractivity contribution in [1.82, 2.24) is 0 Å². The minimum Gasteiger partial charge on any atom is -0.511 e. The van der Waals surface area contributed by atoms with Gasteiger partial charge in [0.05, 0.1) is 26.3 Å². The molecule has 0 aliphatic heterocycles. The number of allylic oxidation sites excluding steroid dienone is 2. The number of halogens is 3. The zero-order chi connectivity index (χ0) is 15.8. The molecule has 1 aliphatic carbocycles. The molecule has 0 heterocycles. The molecule has 1 aromatic rings. The number of rotatable bonds is 2. The van der Waals surface area contributed by atoms with Crippen LogP contribution in [0.25, 0.3) is 0 Å². The lowest BCUT2D eigenvalue weighted by atomic mass is 9.77. The molecule has 1 N–H and O–H groups in total. The molecule has 0 bridgehead atoms. The average Bonchev–Trinajstić information content (AvgIpc) is 2.32. The molecular weight excluding hydrogens is 333 g/mol. The van der Waals surface area contributed by atoms with Crippen molar-refractivity contribution in [2.24, 2.45) is 10.4 Å². The van der Waals surface area contributed by atoms with E-state index in [1.54, 1.807) is 0 Å². The van der Waals surface area contributed by atoms with Gasteiger partial charge in [-0.05, 0) is 17.5 Å². The van der Waals surface area contributed by atoms with Crippen molar-refractivity contribution in [3.05, 3.63) is 38.5 Å². The molecule has 0 saturated carbocycles. The Balaban J connectivity index is 2.34. The predicted molar refractivity (Wildman–Crippen MR) is 87.3 cm³/mol. The van der Waals surface area contributed by atoms with E-state index in [-0.39, 0.29) is 22.5 Å². The standard InChI is InChI=1S/C15H14Cl3NO2/c1-15(2)5-13(20)8(14(21)6-15)7-19-12-4-10(17)9(16)3-11(12)18/h3-4,7,20H,5-6H2,1-2H3. The topological polar surface area (TPSA) is 49.7 Å². The van der Waals surface area contributed by atoms with Crippen LogP contribution in [0.2, 0.25) is 15.1 Å². The smallest absolute Gasteiger partial charge is 0.168 e. The van der Waals surface area contributed by atoms with Gasteiger partial charge in [0, 0.05) is 19.1 Å². The fourth-order valence-electron chi connectivity index (χ4n) is 2.19. The van der Waals surface area contributed by atoms with Crippen molar-refractivity contribution >= 4 is 52.5 Å². The molecule has 1 aliphatic rings. The van der Waals surface area contributed by atoms with E-state index in [0.717, 1.165) is 0 Å². The van der Waals surface area contributed by atoms with Gasteiger partial charge in [0.15, 0.2) is 5.78 Å². The summed E-state index contributed by atoms with van der Waals surface area (Å²) in [6, 6.07) is 3.00. The van der Waals surface area contributed by atoms with Gasteiger partial charge in [0.2, 0.25) is 0 Å². The third-order valence-electron chi connectivity index (χ3n) is 3.22. The van der Waals surface area contributed by atoms with Crippen molar-refractivity contribution in [3.63, 3.8) is 0 Å². The number of nitrogens with zero attached hydrogens (tertiary/aromatic N) is 1. The first-order valence-corrected chi connectivity index (χ1v) is 7.47. The lowest BCUT2D eigenvalue weighted by Crippen LogP contribution is -2.26. The van der Waals surface area contributed by atoms with Crippen LogP contribution in [-0.4, -0.2) is 17.1 Å². The molecule has 3 nitrogen and oxygen atoms in total. The van der Waals surface area contributed by atoms with Crippen LogP contribution < -0.4 is 0 Å². The van der Waals surface area contributed by atoms with Crippen molar-refractivity contribution in [2.75, 3.05) is 0 Å². The predicted octanol–water partition coefficient (Wildman–Crippen LogP) is 5.55. The van der Waals surface area contributed by atoms with E-state index >= 15 is 0 Å². The molecule has 2 rings (SSSR count). The van der Waals surface area contributed by atoms with E-state index in [1.165, 1.54) is 18.3 Å². The molecule has 21 heavy (non-hydrogen) atoms. The minimum absolute atomic E-state index is 0.0520. The maximum absolute atomic E-state index is 12.1. The maximum atomic E-state index is 12.1. The van der Waals surface area contributed by atoms with E-state index in [2.05, 4.69) is 4.99 Å². The van der Waals surface area contributed by atoms with Gasteiger partial charge in [-0.3, -0.25) is 9.79 Å². The number of hydrogen-bond donors (Lipinski definition) is 1. The molecule has 0 spiro atoms. The SMILES string of the molecule is CC1(C)CC(=O)C(C=Nc2cc(Cl)c(Cl)cc2Cl)=C(O)C1. The van der Waals surface area contributed by atoms with E-state index in [9.17, 15) is 9.90 Å². The van der Waals surface area contributed by atoms with Crippen LogP contribution in [0.1, 0.15) is 26.7 Å². The van der Waals surface area contributed by atoms with Crippen LogP contribution in [-0.2, 0) is 4.79 Å². The Morgan fingerprint density at radius 1 is 1.14 bits per heavy atom. The number of carbonyl (C=O) groups excluding carboxylic acids is 1. The second-order valence-corrected chi connectivity index (χ2v) is 7.00. The first kappa shape index (κ1) is 16.3. The lowest BCUT2D eigenvalue weighted by molar-refractivity contribution is -0.117. The highest BCUT2D eigenvalue weighted by Gasteiger charge is 2.32. The third kappa shape index (κ3) is 3.79. The third-order valence-corrected chi connectivity index (χ3v) is 4.24. The molecule has 6 heteroatoms. The maximum Gasteiger partial charge on any atom is 0.168 e. The summed E-state index contributed by atoms with van der Waals surface area (Å²) in [5.74, 6) is -0.0835. The summed E-state index contributed by atoms with van der Waals surface area (Å²) >= 11 is 17.8. The normalized spacial score (nSPS) is 18.6. The zero-order valence-corrected chi connectivity index (χ0v) is 13.9. The van der Waals surface area contributed by atoms with Gasteiger partial charge in [-0.2, -0.15) is 0 Å². The van der Waals surface area contributed by atoms with Crippen molar-refractivity contribution in [3.8, 4) is 0 Å². The Morgan fingerprint density at radius 2 is 1.76 bits per heavy atom. The summed E-state index contributed by atoms with van der Waals surface area (Å²) in [7, 11) is 0. The minimum atomic E-state index is -0.236. The van der Waals surface area contributed by atoms with Gasteiger partial charge in [-0.25, -0.2) is 0 Å². The largest absolute Gasteiger partial charge is 0.511 e. The number of hydrogen-bond acceptors (Lipinski definition) is 3. The molecule has 0 unspecified atom stereocenters. The number of aliphatic hydroxyl groups is 1. The number of carbonyl (C=O) groups is 1. The Labute approximate surface area is 138 Å². The van der Waals surface area contributed by atoms with Gasteiger partial charge in [0.1, 0.15) is 5.76 Å². The summed E-state index contributed by atoms with van der Waals surface area (Å²) in [4.78, 5) is 16.2. The molecular formula is C15H14Cl3NO2. The highest BCUT2D eigenvalue weighted by molar-refractivity contribution is 6.44. The Morgan fingerprint density at radius 3 is 2.38 bits per heavy atom. The van der Waals surface area contributed by atoms with E-state index < -0.39 is 0 Å². The molecule has 0 amide bonds. The quantitative estimate of drug-likeness (QED) is 0.563. The Kier molecular flexibility index (Phi) is 4.66. The van der Waals surface area contributed by atoms with Gasteiger partial charge in [-0.1, -0.05) is 48.7 Å². The summed E-state index contributed by atoms with van der Waals surface area (Å²) < 4.78 is 0. The van der Waals surface area contributed by atoms with E-state index in [4.69, 9.17) is 34.8 Å². The lowest BCUT2D eigenvalue weighted by Gasteiger charge is -2.28. The van der Waals surface area contributed by atoms with Gasteiger partial charge >= 0.3 is 0 Å². The number of ketones is 1. The molecule has 0 fully saturated rings. The van der Waals surface area contributed by atoms with Gasteiger partial charge in [0.25, 0.3) is 0 Å². The van der Waals surface area contributed by atoms with E-state index in [0.29, 0.717) is 33.6 Å². The van der Waals surface area contributed by atoms with Crippen LogP contribution in [0.5, 0.6) is 0 Å². The number of aliphatic imine (C=N–C) groups is 1. The fraction of sp³-hybridized carbons (Fsp3) is 0.333. The van der Waals surface area contributed by atoms with E-state index in [1.807, 2.05) is 13.8 Å². The Bertz CT molecular complexity index is 663. The van der Waals surface area contributed by atoms with Crippen LogP contribution in [0, 0.1) is 5.41 Å². The van der Waals surface area contributed by atoms with Crippen LogP contribution in [0.3, 0.4) is 0 Å². The van der Waals surface area contributed by atoms with Crippen molar-refractivity contribution < 1.29 is 9.90 Å². The second kappa shape index (κ2) is 5.99. The second-order valence-electron chi connectivity index (χ2n) is 5.78. The first-order chi connectivity index (χ1) is 9.69. The molecule has 0 radical (unpaired) electrons. The summed E-state index contributed by atoms with van der Waals surface area (Å²) in [6.45, 7) is 3.87. The summed E-state index contributed by atoms with van der Waals surface area (Å²) in [5.41, 5.74) is 0.375. The average molecular weight is 347 g/mol. The zero-order valence-electron chi connectivity index (χ0n) is 11.6. The summed E-state index contributed by atoms with van der Waals surface area (Å²) in [6.07, 6.45) is 2.14. The van der Waals surface area contributed by atoms with Gasteiger partial charge < -0.3 is 5.11 Å². The number of aliphatic hydroxyl groups excluding tert-OH is 1. The van der Waals surface area contributed by atoms with Gasteiger partial charge in [-0.15, -0.1) is 0 Å². The molecule has 112 valence electrons. The Hall–Kier alpha value is -1.03. The van der Waals surface area contributed by atoms with Crippen molar-refractivity contribution in [2.45, 2.75) is 26.7 Å². The summed E-state index contributed by atoms with van der Waals surface area (Å²) in [5, 5.41) is 11.0. The number of Topliss-reactive ketones (excluding diaryl/α,β-unsaturated/α-hetero) is 1. The van der Waals surface area contributed by atoms with Crippen molar-refractivity contribution in [1.29, 1.82) is 0 Å². The molecule has 0 aromatic heterocycles.